The number of nitrogens with one attached hydrogen (secondary N) is 2. The first-order valence-electron chi connectivity index (χ1n) is 7.02. The highest BCUT2D eigenvalue weighted by Crippen LogP contribution is 2.22. The van der Waals surface area contributed by atoms with Crippen molar-refractivity contribution in [1.82, 2.24) is 10.6 Å². The average Bonchev–Trinajstić information content (AvgIpc) is 2.92. The van der Waals surface area contributed by atoms with Crippen molar-refractivity contribution in [3.8, 4) is 0 Å². The van der Waals surface area contributed by atoms with Gasteiger partial charge in [-0.1, -0.05) is 35.4 Å². The summed E-state index contributed by atoms with van der Waals surface area (Å²) in [6.07, 6.45) is 7.50. The summed E-state index contributed by atoms with van der Waals surface area (Å²) in [6, 6.07) is 8.30. The van der Waals surface area contributed by atoms with Gasteiger partial charge in [-0.3, -0.25) is 0 Å². The van der Waals surface area contributed by atoms with Gasteiger partial charge < -0.3 is 10.6 Å². The monoisotopic (exact) mass is 258 g/mol. The molecule has 1 aromatic carbocycles. The van der Waals surface area contributed by atoms with Crippen molar-refractivity contribution in [3.63, 3.8) is 0 Å². The van der Waals surface area contributed by atoms with E-state index in [1.165, 1.54) is 29.5 Å². The Bertz CT molecular complexity index is 440. The molecule has 1 saturated carbocycles. The largest absolute Gasteiger partial charge is 0.338 e. The van der Waals surface area contributed by atoms with E-state index in [2.05, 4.69) is 41.8 Å². The van der Waals surface area contributed by atoms with Gasteiger partial charge in [-0.25, -0.2) is 4.79 Å². The molecule has 0 aliphatic heterocycles. The standard InChI is InChI=1S/C16H22N2O/c1-13-6-8-14(9-7-13)10-11-17-16(19)18-12-15-4-2-3-5-15/h6-9,12H,2-5,10-11H2,1H3,(H2,17,18,19). The zero-order valence-electron chi connectivity index (χ0n) is 11.5. The van der Waals surface area contributed by atoms with E-state index >= 15 is 0 Å². The fourth-order valence-electron chi connectivity index (χ4n) is 2.27. The van der Waals surface area contributed by atoms with Gasteiger partial charge in [0.05, 0.1) is 0 Å². The first-order valence-corrected chi connectivity index (χ1v) is 7.02. The smallest absolute Gasteiger partial charge is 0.318 e. The first kappa shape index (κ1) is 13.7. The molecule has 0 unspecified atom stereocenters. The number of rotatable bonds is 4. The van der Waals surface area contributed by atoms with Crippen molar-refractivity contribution in [1.29, 1.82) is 0 Å². The molecule has 2 rings (SSSR count). The molecule has 1 fully saturated rings. The SMILES string of the molecule is Cc1ccc(CCNC(=O)NC=C2CCCC2)cc1. The number of allylic oxidation sites excluding steroid dienone is 1. The van der Waals surface area contributed by atoms with Crippen LogP contribution in [0.15, 0.2) is 36.0 Å². The molecule has 0 radical (unpaired) electrons. The van der Waals surface area contributed by atoms with E-state index in [1.807, 2.05) is 6.20 Å². The Hall–Kier alpha value is -1.77. The Morgan fingerprint density at radius 2 is 1.89 bits per heavy atom. The van der Waals surface area contributed by atoms with Crippen LogP contribution in [0.25, 0.3) is 0 Å². The quantitative estimate of drug-likeness (QED) is 0.855. The highest BCUT2D eigenvalue weighted by Gasteiger charge is 2.06. The topological polar surface area (TPSA) is 41.1 Å². The third-order valence-electron chi connectivity index (χ3n) is 3.47. The van der Waals surface area contributed by atoms with Crippen LogP contribution >= 0.6 is 0 Å². The number of urea groups is 1. The van der Waals surface area contributed by atoms with Crippen LogP contribution in [0.5, 0.6) is 0 Å². The number of hydrogen-bond acceptors (Lipinski definition) is 1. The predicted octanol–water partition coefficient (Wildman–Crippen LogP) is 3.29. The fraction of sp³-hybridized carbons (Fsp3) is 0.438. The van der Waals surface area contributed by atoms with E-state index in [1.54, 1.807) is 0 Å². The summed E-state index contributed by atoms with van der Waals surface area (Å²) in [7, 11) is 0. The van der Waals surface area contributed by atoms with Gasteiger partial charge in [0.1, 0.15) is 0 Å². The van der Waals surface area contributed by atoms with Gasteiger partial charge in [0.15, 0.2) is 0 Å². The van der Waals surface area contributed by atoms with Gasteiger partial charge >= 0.3 is 6.03 Å². The second kappa shape index (κ2) is 6.98. The van der Waals surface area contributed by atoms with Crippen LogP contribution in [0.2, 0.25) is 0 Å². The third kappa shape index (κ3) is 4.78. The normalized spacial score (nSPS) is 14.3. The van der Waals surface area contributed by atoms with Crippen LogP contribution in [-0.4, -0.2) is 12.6 Å². The van der Waals surface area contributed by atoms with Crippen LogP contribution in [0.4, 0.5) is 4.79 Å². The molecule has 2 N–H and O–H groups in total. The maximum atomic E-state index is 11.6. The Balaban J connectivity index is 1.66. The molecule has 0 atom stereocenters. The molecule has 19 heavy (non-hydrogen) atoms. The zero-order chi connectivity index (χ0) is 13.5. The van der Waals surface area contributed by atoms with Crippen molar-refractivity contribution in [2.45, 2.75) is 39.0 Å². The van der Waals surface area contributed by atoms with Crippen molar-refractivity contribution in [2.24, 2.45) is 0 Å². The molecular weight excluding hydrogens is 236 g/mol. The molecule has 0 heterocycles. The summed E-state index contributed by atoms with van der Waals surface area (Å²) in [6.45, 7) is 2.74. The van der Waals surface area contributed by atoms with Crippen molar-refractivity contribution in [2.75, 3.05) is 6.54 Å². The van der Waals surface area contributed by atoms with Gasteiger partial charge in [-0.2, -0.15) is 0 Å². The van der Waals surface area contributed by atoms with E-state index in [0.29, 0.717) is 6.54 Å². The molecule has 3 nitrogen and oxygen atoms in total. The van der Waals surface area contributed by atoms with Gasteiger partial charge in [-0.15, -0.1) is 0 Å². The van der Waals surface area contributed by atoms with E-state index < -0.39 is 0 Å². The molecule has 1 aromatic rings. The third-order valence-corrected chi connectivity index (χ3v) is 3.47. The van der Waals surface area contributed by atoms with Crippen LogP contribution in [0, 0.1) is 6.92 Å². The summed E-state index contributed by atoms with van der Waals surface area (Å²) in [5.41, 5.74) is 3.87. The summed E-state index contributed by atoms with van der Waals surface area (Å²) in [5.74, 6) is 0. The summed E-state index contributed by atoms with van der Waals surface area (Å²) in [4.78, 5) is 11.6. The second-order valence-corrected chi connectivity index (χ2v) is 5.15. The van der Waals surface area contributed by atoms with Gasteiger partial charge in [0.2, 0.25) is 0 Å². The molecule has 1 aliphatic rings. The highest BCUT2D eigenvalue weighted by atomic mass is 16.2. The molecule has 3 heteroatoms. The zero-order valence-corrected chi connectivity index (χ0v) is 11.5. The molecule has 0 bridgehead atoms. The van der Waals surface area contributed by atoms with E-state index in [-0.39, 0.29) is 6.03 Å². The van der Waals surface area contributed by atoms with E-state index in [0.717, 1.165) is 19.3 Å². The Kier molecular flexibility index (Phi) is 5.01. The first-order chi connectivity index (χ1) is 9.24. The summed E-state index contributed by atoms with van der Waals surface area (Å²) >= 11 is 0. The van der Waals surface area contributed by atoms with Crippen molar-refractivity contribution < 1.29 is 4.79 Å². The Morgan fingerprint density at radius 1 is 1.21 bits per heavy atom. The minimum atomic E-state index is -0.105. The van der Waals surface area contributed by atoms with Gasteiger partial charge in [0, 0.05) is 12.7 Å². The average molecular weight is 258 g/mol. The van der Waals surface area contributed by atoms with Crippen LogP contribution in [0.1, 0.15) is 36.8 Å². The molecule has 0 spiro atoms. The molecule has 0 saturated heterocycles. The number of amides is 2. The number of benzene rings is 1. The molecular formula is C16H22N2O. The molecule has 0 aromatic heterocycles. The minimum Gasteiger partial charge on any atom is -0.338 e. The fourth-order valence-corrected chi connectivity index (χ4v) is 2.27. The summed E-state index contributed by atoms with van der Waals surface area (Å²) in [5, 5.41) is 5.68. The maximum absolute atomic E-state index is 11.6. The lowest BCUT2D eigenvalue weighted by Crippen LogP contribution is -2.33. The second-order valence-electron chi connectivity index (χ2n) is 5.15. The van der Waals surface area contributed by atoms with E-state index in [9.17, 15) is 4.79 Å². The lowest BCUT2D eigenvalue weighted by atomic mass is 10.1. The molecule has 1 aliphatic carbocycles. The summed E-state index contributed by atoms with van der Waals surface area (Å²) < 4.78 is 0. The Morgan fingerprint density at radius 3 is 2.58 bits per heavy atom. The van der Waals surface area contributed by atoms with Gasteiger partial charge in [-0.05, 0) is 44.6 Å². The molecule has 2 amide bonds. The van der Waals surface area contributed by atoms with Crippen LogP contribution in [-0.2, 0) is 6.42 Å². The lowest BCUT2D eigenvalue weighted by molar-refractivity contribution is 0.244. The van der Waals surface area contributed by atoms with Gasteiger partial charge in [0.25, 0.3) is 0 Å². The maximum Gasteiger partial charge on any atom is 0.318 e. The molecule has 102 valence electrons. The highest BCUT2D eigenvalue weighted by molar-refractivity contribution is 5.74. The van der Waals surface area contributed by atoms with E-state index in [4.69, 9.17) is 0 Å². The van der Waals surface area contributed by atoms with Crippen LogP contribution in [0.3, 0.4) is 0 Å². The van der Waals surface area contributed by atoms with Crippen LogP contribution < -0.4 is 10.6 Å². The van der Waals surface area contributed by atoms with Crippen molar-refractivity contribution >= 4 is 6.03 Å². The van der Waals surface area contributed by atoms with Crippen molar-refractivity contribution in [3.05, 3.63) is 47.2 Å². The number of hydrogen-bond donors (Lipinski definition) is 2. The number of aryl methyl sites for hydroxylation is 1. The lowest BCUT2D eigenvalue weighted by Gasteiger charge is -2.06. The minimum absolute atomic E-state index is 0.105. The number of carbonyl (C=O) groups is 1. The Labute approximate surface area is 115 Å². The predicted molar refractivity (Wildman–Crippen MR) is 78.0 cm³/mol. The number of carbonyl (C=O) groups excluding carboxylic acids is 1.